The summed E-state index contributed by atoms with van der Waals surface area (Å²) in [5, 5.41) is 5.73. The Kier molecular flexibility index (Phi) is 5.71. The minimum atomic E-state index is -0.0222. The van der Waals surface area contributed by atoms with Gasteiger partial charge in [-0.25, -0.2) is 0 Å². The van der Waals surface area contributed by atoms with Crippen molar-refractivity contribution in [1.29, 1.82) is 0 Å². The zero-order chi connectivity index (χ0) is 17.8. The van der Waals surface area contributed by atoms with Gasteiger partial charge in [0.2, 0.25) is 11.8 Å². The number of thioether (sulfide) groups is 2. The van der Waals surface area contributed by atoms with Crippen molar-refractivity contribution in [2.75, 3.05) is 22.1 Å². The first-order valence-electron chi connectivity index (χ1n) is 8.08. The fourth-order valence-corrected chi connectivity index (χ4v) is 4.19. The highest BCUT2D eigenvalue weighted by molar-refractivity contribution is 8.00. The van der Waals surface area contributed by atoms with Crippen LogP contribution >= 0.6 is 23.5 Å². The van der Waals surface area contributed by atoms with Gasteiger partial charge in [0.1, 0.15) is 0 Å². The summed E-state index contributed by atoms with van der Waals surface area (Å²) in [6.45, 7) is 4.19. The lowest BCUT2D eigenvalue weighted by molar-refractivity contribution is -0.116. The third kappa shape index (κ3) is 4.80. The molecular weight excluding hydrogens is 352 g/mol. The van der Waals surface area contributed by atoms with Crippen molar-refractivity contribution < 1.29 is 9.59 Å². The molecule has 1 heterocycles. The molecule has 0 radical (unpaired) electrons. The van der Waals surface area contributed by atoms with Gasteiger partial charge in [0, 0.05) is 27.7 Å². The van der Waals surface area contributed by atoms with Crippen LogP contribution in [-0.2, 0) is 9.59 Å². The Hall–Kier alpha value is -1.92. The molecule has 2 N–H and O–H groups in total. The molecule has 0 saturated carbocycles. The van der Waals surface area contributed by atoms with E-state index in [1.165, 1.54) is 27.8 Å². The highest BCUT2D eigenvalue weighted by atomic mass is 32.2. The van der Waals surface area contributed by atoms with Gasteiger partial charge in [-0.3, -0.25) is 9.59 Å². The molecule has 6 heteroatoms. The van der Waals surface area contributed by atoms with E-state index in [2.05, 4.69) is 42.7 Å². The first-order valence-corrected chi connectivity index (χ1v) is 10.0. The van der Waals surface area contributed by atoms with Gasteiger partial charge in [-0.05, 0) is 55.3 Å². The SMILES string of the molecule is Cc1ccc(SCCC(=O)Nc2ccc3c(c2)NC(=O)CS3)cc1C. The molecular formula is C19H20N2O2S2. The molecule has 2 aromatic carbocycles. The lowest BCUT2D eigenvalue weighted by atomic mass is 10.1. The van der Waals surface area contributed by atoms with E-state index in [9.17, 15) is 9.59 Å². The molecule has 25 heavy (non-hydrogen) atoms. The van der Waals surface area contributed by atoms with Crippen LogP contribution < -0.4 is 10.6 Å². The molecule has 0 aliphatic carbocycles. The number of benzene rings is 2. The topological polar surface area (TPSA) is 58.2 Å². The van der Waals surface area contributed by atoms with Gasteiger partial charge in [0.05, 0.1) is 11.4 Å². The first-order chi connectivity index (χ1) is 12.0. The standard InChI is InChI=1S/C19H20N2O2S2/c1-12-3-5-15(9-13(12)2)24-8-7-18(22)20-14-4-6-17-16(10-14)21-19(23)11-25-17/h3-6,9-10H,7-8,11H2,1-2H3,(H,20,22)(H,21,23). The third-order valence-electron chi connectivity index (χ3n) is 3.97. The van der Waals surface area contributed by atoms with Crippen LogP contribution in [0.1, 0.15) is 17.5 Å². The molecule has 0 aromatic heterocycles. The van der Waals surface area contributed by atoms with Crippen LogP contribution in [0.3, 0.4) is 0 Å². The van der Waals surface area contributed by atoms with Crippen LogP contribution in [0.15, 0.2) is 46.2 Å². The van der Waals surface area contributed by atoms with Crippen molar-refractivity contribution in [3.63, 3.8) is 0 Å². The van der Waals surface area contributed by atoms with Crippen LogP contribution in [0, 0.1) is 13.8 Å². The summed E-state index contributed by atoms with van der Waals surface area (Å²) in [5.74, 6) is 1.14. The number of amides is 2. The van der Waals surface area contributed by atoms with E-state index in [1.807, 2.05) is 18.2 Å². The van der Waals surface area contributed by atoms with Crippen LogP contribution in [0.2, 0.25) is 0 Å². The van der Waals surface area contributed by atoms with Crippen molar-refractivity contribution >= 4 is 46.7 Å². The average Bonchev–Trinajstić information content (AvgIpc) is 2.57. The molecule has 1 aliphatic heterocycles. The Morgan fingerprint density at radius 2 is 2.04 bits per heavy atom. The second-order valence-electron chi connectivity index (χ2n) is 5.94. The van der Waals surface area contributed by atoms with Crippen molar-refractivity contribution in [2.24, 2.45) is 0 Å². The summed E-state index contributed by atoms with van der Waals surface area (Å²) in [7, 11) is 0. The summed E-state index contributed by atoms with van der Waals surface area (Å²) in [6.07, 6.45) is 0.440. The van der Waals surface area contributed by atoms with Gasteiger partial charge < -0.3 is 10.6 Å². The summed E-state index contributed by atoms with van der Waals surface area (Å²) in [6, 6.07) is 12.0. The van der Waals surface area contributed by atoms with E-state index in [4.69, 9.17) is 0 Å². The van der Waals surface area contributed by atoms with Gasteiger partial charge >= 0.3 is 0 Å². The van der Waals surface area contributed by atoms with E-state index < -0.39 is 0 Å². The number of aryl methyl sites for hydroxylation is 2. The Morgan fingerprint density at radius 3 is 2.84 bits per heavy atom. The summed E-state index contributed by atoms with van der Waals surface area (Å²) in [5.41, 5.74) is 4.02. The van der Waals surface area contributed by atoms with E-state index in [0.29, 0.717) is 17.9 Å². The minimum absolute atomic E-state index is 0.00855. The average molecular weight is 373 g/mol. The van der Waals surface area contributed by atoms with E-state index in [0.717, 1.165) is 16.3 Å². The Bertz CT molecular complexity index is 821. The van der Waals surface area contributed by atoms with Crippen molar-refractivity contribution in [2.45, 2.75) is 30.1 Å². The number of anilines is 2. The van der Waals surface area contributed by atoms with Gasteiger partial charge in [-0.1, -0.05) is 6.07 Å². The number of carbonyl (C=O) groups is 2. The third-order valence-corrected chi connectivity index (χ3v) is 6.04. The van der Waals surface area contributed by atoms with Crippen LogP contribution in [0.4, 0.5) is 11.4 Å². The van der Waals surface area contributed by atoms with E-state index in [-0.39, 0.29) is 11.8 Å². The fraction of sp³-hybridized carbons (Fsp3) is 0.263. The van der Waals surface area contributed by atoms with Crippen molar-refractivity contribution in [1.82, 2.24) is 0 Å². The van der Waals surface area contributed by atoms with E-state index >= 15 is 0 Å². The number of hydrogen-bond donors (Lipinski definition) is 2. The molecule has 2 aromatic rings. The van der Waals surface area contributed by atoms with Crippen LogP contribution in [0.25, 0.3) is 0 Å². The number of rotatable bonds is 5. The van der Waals surface area contributed by atoms with Crippen LogP contribution in [0.5, 0.6) is 0 Å². The Labute approximate surface area is 156 Å². The summed E-state index contributed by atoms with van der Waals surface area (Å²) < 4.78 is 0. The Balaban J connectivity index is 1.51. The summed E-state index contributed by atoms with van der Waals surface area (Å²) >= 11 is 3.19. The van der Waals surface area contributed by atoms with Crippen molar-refractivity contribution in [3.05, 3.63) is 47.5 Å². The number of fused-ring (bicyclic) bond motifs is 1. The van der Waals surface area contributed by atoms with Gasteiger partial charge in [-0.15, -0.1) is 23.5 Å². The molecule has 1 aliphatic rings. The molecule has 0 unspecified atom stereocenters. The molecule has 2 amide bonds. The molecule has 3 rings (SSSR count). The normalized spacial score (nSPS) is 13.1. The predicted octanol–water partition coefficient (Wildman–Crippen LogP) is 4.47. The maximum absolute atomic E-state index is 12.1. The van der Waals surface area contributed by atoms with E-state index in [1.54, 1.807) is 11.8 Å². The highest BCUT2D eigenvalue weighted by Gasteiger charge is 2.15. The minimum Gasteiger partial charge on any atom is -0.326 e. The second kappa shape index (κ2) is 7.97. The monoisotopic (exact) mass is 372 g/mol. The lowest BCUT2D eigenvalue weighted by Crippen LogP contribution is -2.19. The number of hydrogen-bond acceptors (Lipinski definition) is 4. The zero-order valence-electron chi connectivity index (χ0n) is 14.2. The zero-order valence-corrected chi connectivity index (χ0v) is 15.9. The largest absolute Gasteiger partial charge is 0.326 e. The number of carbonyl (C=O) groups excluding carboxylic acids is 2. The maximum atomic E-state index is 12.1. The first kappa shape index (κ1) is 17.9. The number of nitrogens with one attached hydrogen (secondary N) is 2. The molecule has 0 atom stereocenters. The van der Waals surface area contributed by atoms with Crippen LogP contribution in [-0.4, -0.2) is 23.3 Å². The fourth-order valence-electron chi connectivity index (χ4n) is 2.45. The molecule has 0 bridgehead atoms. The van der Waals surface area contributed by atoms with Crippen molar-refractivity contribution in [3.8, 4) is 0 Å². The van der Waals surface area contributed by atoms with Gasteiger partial charge in [0.15, 0.2) is 0 Å². The van der Waals surface area contributed by atoms with Gasteiger partial charge in [0.25, 0.3) is 0 Å². The lowest BCUT2D eigenvalue weighted by Gasteiger charge is -2.17. The molecule has 4 nitrogen and oxygen atoms in total. The smallest absolute Gasteiger partial charge is 0.234 e. The second-order valence-corrected chi connectivity index (χ2v) is 8.13. The Morgan fingerprint density at radius 1 is 1.20 bits per heavy atom. The molecule has 0 spiro atoms. The highest BCUT2D eigenvalue weighted by Crippen LogP contribution is 2.33. The molecule has 130 valence electrons. The van der Waals surface area contributed by atoms with Gasteiger partial charge in [-0.2, -0.15) is 0 Å². The quantitative estimate of drug-likeness (QED) is 0.761. The maximum Gasteiger partial charge on any atom is 0.234 e. The predicted molar refractivity (Wildman–Crippen MR) is 106 cm³/mol. The molecule has 0 saturated heterocycles. The summed E-state index contributed by atoms with van der Waals surface area (Å²) in [4.78, 5) is 25.8. The molecule has 0 fully saturated rings.